The molecule has 2 aromatic carbocycles. The van der Waals surface area contributed by atoms with Gasteiger partial charge in [-0.25, -0.2) is 4.39 Å². The highest BCUT2D eigenvalue weighted by Crippen LogP contribution is 2.55. The lowest BCUT2D eigenvalue weighted by atomic mass is 9.84. The molecule has 0 N–H and O–H groups in total. The lowest BCUT2D eigenvalue weighted by Gasteiger charge is -2.21. The molecule has 3 heteroatoms. The molecule has 2 aromatic rings. The molecule has 0 bridgehead atoms. The summed E-state index contributed by atoms with van der Waals surface area (Å²) in [5.41, 5.74) is 2.32. The second-order valence-electron chi connectivity index (χ2n) is 8.28. The fraction of sp³-hybridized carbons (Fsp3) is 0.440. The van der Waals surface area contributed by atoms with Crippen molar-refractivity contribution < 1.29 is 13.5 Å². The molecule has 2 fully saturated rings. The van der Waals surface area contributed by atoms with Gasteiger partial charge in [-0.3, -0.25) is 0 Å². The third-order valence-corrected chi connectivity index (χ3v) is 7.01. The fourth-order valence-electron chi connectivity index (χ4n) is 5.65. The van der Waals surface area contributed by atoms with Crippen molar-refractivity contribution in [3.63, 3.8) is 0 Å². The highest BCUT2D eigenvalue weighted by atomic mass is 19.2. The molecule has 4 unspecified atom stereocenters. The molecule has 4 rings (SSSR count). The van der Waals surface area contributed by atoms with Crippen molar-refractivity contribution in [3.05, 3.63) is 66.3 Å². The zero-order valence-corrected chi connectivity index (χ0v) is 16.5. The number of hydrogen-bond acceptors (Lipinski definition) is 1. The summed E-state index contributed by atoms with van der Waals surface area (Å²) in [5, 5.41) is 0. The van der Waals surface area contributed by atoms with Gasteiger partial charge in [0.15, 0.2) is 11.6 Å². The Bertz CT molecular complexity index is 842. The Balaban J connectivity index is 1.52. The van der Waals surface area contributed by atoms with E-state index in [0.717, 1.165) is 24.2 Å². The Labute approximate surface area is 166 Å². The molecule has 0 heterocycles. The van der Waals surface area contributed by atoms with Crippen LogP contribution in [0.1, 0.15) is 50.0 Å². The predicted molar refractivity (Wildman–Crippen MR) is 109 cm³/mol. The smallest absolute Gasteiger partial charge is 0.201 e. The second kappa shape index (κ2) is 8.06. The van der Waals surface area contributed by atoms with Crippen molar-refractivity contribution in [2.45, 2.75) is 44.4 Å². The maximum Gasteiger partial charge on any atom is 0.201 e. The van der Waals surface area contributed by atoms with Gasteiger partial charge in [0.05, 0.1) is 7.11 Å². The van der Waals surface area contributed by atoms with Gasteiger partial charge in [0.2, 0.25) is 5.82 Å². The van der Waals surface area contributed by atoms with Gasteiger partial charge >= 0.3 is 0 Å². The minimum Gasteiger partial charge on any atom is -0.494 e. The Morgan fingerprint density at radius 2 is 1.71 bits per heavy atom. The highest BCUT2D eigenvalue weighted by Gasteiger charge is 2.44. The molecule has 0 amide bonds. The van der Waals surface area contributed by atoms with E-state index < -0.39 is 11.6 Å². The van der Waals surface area contributed by atoms with E-state index in [1.54, 1.807) is 6.07 Å². The van der Waals surface area contributed by atoms with Crippen LogP contribution in [0.2, 0.25) is 0 Å². The molecule has 0 aliphatic heterocycles. The first kappa shape index (κ1) is 19.2. The molecule has 2 saturated carbocycles. The molecule has 28 heavy (non-hydrogen) atoms. The Hall–Kier alpha value is -2.16. The highest BCUT2D eigenvalue weighted by molar-refractivity contribution is 5.65. The summed E-state index contributed by atoms with van der Waals surface area (Å²) < 4.78 is 33.3. The van der Waals surface area contributed by atoms with Gasteiger partial charge in [0.1, 0.15) is 0 Å². The van der Waals surface area contributed by atoms with Crippen LogP contribution in [0.25, 0.3) is 11.1 Å². The number of methoxy groups -OCH3 is 1. The van der Waals surface area contributed by atoms with Crippen molar-refractivity contribution in [1.82, 2.24) is 0 Å². The number of halogens is 2. The van der Waals surface area contributed by atoms with E-state index >= 15 is 0 Å². The third kappa shape index (κ3) is 3.36. The molecule has 4 atom stereocenters. The third-order valence-electron chi connectivity index (χ3n) is 7.01. The summed E-state index contributed by atoms with van der Waals surface area (Å²) in [5.74, 6) is 1.22. The average Bonchev–Trinajstić information content (AvgIpc) is 3.31. The van der Waals surface area contributed by atoms with E-state index in [4.69, 9.17) is 4.74 Å². The van der Waals surface area contributed by atoms with Crippen molar-refractivity contribution in [1.29, 1.82) is 0 Å². The van der Waals surface area contributed by atoms with Gasteiger partial charge in [0, 0.05) is 5.56 Å². The maximum absolute atomic E-state index is 14.4. The Morgan fingerprint density at radius 3 is 2.43 bits per heavy atom. The summed E-state index contributed by atoms with van der Waals surface area (Å²) in [6.45, 7) is 3.87. The molecule has 2 aliphatic carbocycles. The molecular formula is C25H28F2O. The lowest BCUT2D eigenvalue weighted by Crippen LogP contribution is -2.12. The normalized spacial score (nSPS) is 26.2. The van der Waals surface area contributed by atoms with Crippen LogP contribution in [0.4, 0.5) is 8.78 Å². The van der Waals surface area contributed by atoms with Gasteiger partial charge in [-0.1, -0.05) is 30.3 Å². The number of benzene rings is 2. The summed E-state index contributed by atoms with van der Waals surface area (Å²) >= 11 is 0. The molecule has 0 spiro atoms. The van der Waals surface area contributed by atoms with Crippen LogP contribution in [0.5, 0.6) is 5.75 Å². The van der Waals surface area contributed by atoms with Crippen LogP contribution in [0, 0.1) is 29.4 Å². The minimum atomic E-state index is -0.931. The van der Waals surface area contributed by atoms with Crippen LogP contribution in [-0.2, 0) is 0 Å². The van der Waals surface area contributed by atoms with Crippen LogP contribution < -0.4 is 4.74 Å². The second-order valence-corrected chi connectivity index (χ2v) is 8.28. The van der Waals surface area contributed by atoms with E-state index in [1.807, 2.05) is 18.2 Å². The lowest BCUT2D eigenvalue weighted by molar-refractivity contribution is 0.328. The largest absolute Gasteiger partial charge is 0.494 e. The van der Waals surface area contributed by atoms with Crippen LogP contribution in [0.15, 0.2) is 49.1 Å². The van der Waals surface area contributed by atoms with E-state index in [0.29, 0.717) is 11.5 Å². The van der Waals surface area contributed by atoms with Crippen LogP contribution >= 0.6 is 0 Å². The van der Waals surface area contributed by atoms with Crippen molar-refractivity contribution in [3.8, 4) is 16.9 Å². The van der Waals surface area contributed by atoms with Crippen molar-refractivity contribution in [2.24, 2.45) is 17.8 Å². The van der Waals surface area contributed by atoms with Crippen LogP contribution in [-0.4, -0.2) is 7.11 Å². The van der Waals surface area contributed by atoms with Gasteiger partial charge in [-0.05, 0) is 85.5 Å². The van der Waals surface area contributed by atoms with Gasteiger partial charge in [-0.2, -0.15) is 4.39 Å². The SMILES string of the molecule is C=CCCC1CCC2C(c3ccc(-c4ccc(OC)c(F)c4F)cc3)CCC12. The summed E-state index contributed by atoms with van der Waals surface area (Å²) in [6, 6.07) is 11.1. The van der Waals surface area contributed by atoms with Gasteiger partial charge in [0.25, 0.3) is 0 Å². The monoisotopic (exact) mass is 382 g/mol. The Morgan fingerprint density at radius 1 is 0.964 bits per heavy atom. The predicted octanol–water partition coefficient (Wildman–Crippen LogP) is 7.13. The first-order chi connectivity index (χ1) is 13.6. The zero-order valence-electron chi connectivity index (χ0n) is 16.5. The van der Waals surface area contributed by atoms with Gasteiger partial charge in [-0.15, -0.1) is 6.58 Å². The molecular weight excluding hydrogens is 354 g/mol. The van der Waals surface area contributed by atoms with Gasteiger partial charge < -0.3 is 4.74 Å². The van der Waals surface area contributed by atoms with E-state index in [2.05, 4.69) is 18.7 Å². The summed E-state index contributed by atoms with van der Waals surface area (Å²) in [4.78, 5) is 0. The number of fused-ring (bicyclic) bond motifs is 1. The molecule has 0 aromatic heterocycles. The maximum atomic E-state index is 14.4. The first-order valence-electron chi connectivity index (χ1n) is 10.4. The van der Waals surface area contributed by atoms with E-state index in [-0.39, 0.29) is 11.3 Å². The zero-order chi connectivity index (χ0) is 19.7. The fourth-order valence-corrected chi connectivity index (χ4v) is 5.65. The molecule has 148 valence electrons. The molecule has 1 nitrogen and oxygen atoms in total. The molecule has 0 saturated heterocycles. The standard InChI is InChI=1S/C25H28F2O/c1-3-4-5-16-10-11-22-19(16)12-13-20(22)17-6-8-18(9-7-17)21-14-15-23(28-2)25(27)24(21)26/h3,6-9,14-16,19-20,22H,1,4-5,10-13H2,2H3. The number of rotatable bonds is 6. The topological polar surface area (TPSA) is 9.23 Å². The average molecular weight is 382 g/mol. The van der Waals surface area contributed by atoms with E-state index in [1.165, 1.54) is 50.8 Å². The minimum absolute atomic E-state index is 0.0675. The number of ether oxygens (including phenoxy) is 1. The molecule has 2 aliphatic rings. The molecule has 0 radical (unpaired) electrons. The number of allylic oxidation sites excluding steroid dienone is 1. The number of hydrogen-bond donors (Lipinski definition) is 0. The van der Waals surface area contributed by atoms with Crippen LogP contribution in [0.3, 0.4) is 0 Å². The Kier molecular flexibility index (Phi) is 5.52. The quantitative estimate of drug-likeness (QED) is 0.483. The van der Waals surface area contributed by atoms with Crippen molar-refractivity contribution >= 4 is 0 Å². The first-order valence-corrected chi connectivity index (χ1v) is 10.4. The van der Waals surface area contributed by atoms with Crippen molar-refractivity contribution in [2.75, 3.05) is 7.11 Å². The van der Waals surface area contributed by atoms with E-state index in [9.17, 15) is 8.78 Å². The summed E-state index contributed by atoms with van der Waals surface area (Å²) in [7, 11) is 1.34. The summed E-state index contributed by atoms with van der Waals surface area (Å²) in [6.07, 6.45) is 9.66.